The summed E-state index contributed by atoms with van der Waals surface area (Å²) >= 11 is 0. The van der Waals surface area contributed by atoms with Crippen LogP contribution in [0.2, 0.25) is 0 Å². The van der Waals surface area contributed by atoms with Gasteiger partial charge in [0.15, 0.2) is 5.78 Å². The van der Waals surface area contributed by atoms with Crippen LogP contribution in [0.1, 0.15) is 56.5 Å². The molecule has 0 radical (unpaired) electrons. The Hall–Kier alpha value is -2.94. The highest BCUT2D eigenvalue weighted by atomic mass is 16.2. The Morgan fingerprint density at radius 3 is 2.16 bits per heavy atom. The van der Waals surface area contributed by atoms with Gasteiger partial charge in [0.1, 0.15) is 0 Å². The molecule has 1 aromatic carbocycles. The van der Waals surface area contributed by atoms with Crippen LogP contribution in [0.4, 0.5) is 4.79 Å². The summed E-state index contributed by atoms with van der Waals surface area (Å²) in [5.74, 6) is -1.18. The van der Waals surface area contributed by atoms with Gasteiger partial charge in [-0.25, -0.2) is 4.79 Å². The number of nitrogens with one attached hydrogen (secondary N) is 4. The molecule has 0 heterocycles. The molecular formula is C22H35N5O4. The average Bonchev–Trinajstić information content (AvgIpc) is 2.72. The molecule has 0 aliphatic heterocycles. The van der Waals surface area contributed by atoms with Crippen molar-refractivity contribution in [3.8, 4) is 0 Å². The van der Waals surface area contributed by atoms with Crippen molar-refractivity contribution in [2.24, 2.45) is 11.7 Å². The van der Waals surface area contributed by atoms with E-state index >= 15 is 0 Å². The van der Waals surface area contributed by atoms with Gasteiger partial charge in [0.25, 0.3) is 5.91 Å². The third-order valence-corrected chi connectivity index (χ3v) is 4.56. The number of hydrogen-bond acceptors (Lipinski definition) is 5. The molecule has 0 aliphatic rings. The molecule has 9 nitrogen and oxygen atoms in total. The third-order valence-electron chi connectivity index (χ3n) is 4.56. The highest BCUT2D eigenvalue weighted by Gasteiger charge is 2.23. The second kappa shape index (κ2) is 13.4. The molecule has 9 heteroatoms. The Bertz CT molecular complexity index is 747. The van der Waals surface area contributed by atoms with Gasteiger partial charge in [-0.05, 0) is 30.5 Å². The number of benzene rings is 1. The summed E-state index contributed by atoms with van der Waals surface area (Å²) in [6.45, 7) is 8.41. The summed E-state index contributed by atoms with van der Waals surface area (Å²) in [6.07, 6.45) is 0.847. The lowest BCUT2D eigenvalue weighted by Crippen LogP contribution is -2.47. The summed E-state index contributed by atoms with van der Waals surface area (Å²) in [5.41, 5.74) is 6.53. The molecule has 1 aromatic rings. The van der Waals surface area contributed by atoms with Crippen molar-refractivity contribution in [3.63, 3.8) is 0 Å². The average molecular weight is 434 g/mol. The molecule has 0 bridgehead atoms. The molecule has 172 valence electrons. The van der Waals surface area contributed by atoms with Gasteiger partial charge in [-0.1, -0.05) is 39.8 Å². The van der Waals surface area contributed by atoms with E-state index in [-0.39, 0.29) is 24.2 Å². The van der Waals surface area contributed by atoms with E-state index in [0.717, 1.165) is 5.56 Å². The molecule has 6 N–H and O–H groups in total. The van der Waals surface area contributed by atoms with Gasteiger partial charge in [-0.3, -0.25) is 14.4 Å². The molecule has 1 unspecified atom stereocenters. The zero-order valence-electron chi connectivity index (χ0n) is 18.8. The largest absolute Gasteiger partial charge is 0.352 e. The van der Waals surface area contributed by atoms with Crippen LogP contribution in [0.3, 0.4) is 0 Å². The molecule has 1 rings (SSSR count). The summed E-state index contributed by atoms with van der Waals surface area (Å²) in [7, 11) is 0. The predicted octanol–water partition coefficient (Wildman–Crippen LogP) is 1.07. The Morgan fingerprint density at radius 2 is 1.61 bits per heavy atom. The summed E-state index contributed by atoms with van der Waals surface area (Å²) in [6, 6.07) is 6.19. The van der Waals surface area contributed by atoms with Crippen molar-refractivity contribution in [2.75, 3.05) is 13.1 Å². The lowest BCUT2D eigenvalue weighted by molar-refractivity contribution is -0.129. The standard InChI is InChI=1S/C22H35N5O4/c1-14(2)20(29)18(6-5-11-24-22(23)31)27-19(28)13-26-21(30)17-9-7-16(8-10-17)12-25-15(3)4/h7-10,14-15,18,25H,5-6,11-13H2,1-4H3,(H,26,30)(H,27,28)(H3,23,24,31). The van der Waals surface area contributed by atoms with Crippen LogP contribution in [-0.4, -0.2) is 48.8 Å². The van der Waals surface area contributed by atoms with E-state index in [9.17, 15) is 19.2 Å². The van der Waals surface area contributed by atoms with Crippen molar-refractivity contribution in [3.05, 3.63) is 35.4 Å². The van der Waals surface area contributed by atoms with E-state index in [0.29, 0.717) is 37.5 Å². The molecule has 4 amide bonds. The second-order valence-electron chi connectivity index (χ2n) is 8.03. The normalized spacial score (nSPS) is 11.8. The molecule has 0 saturated carbocycles. The number of rotatable bonds is 13. The summed E-state index contributed by atoms with van der Waals surface area (Å²) < 4.78 is 0. The topological polar surface area (TPSA) is 142 Å². The lowest BCUT2D eigenvalue weighted by Gasteiger charge is -2.20. The van der Waals surface area contributed by atoms with Crippen LogP contribution < -0.4 is 27.0 Å². The smallest absolute Gasteiger partial charge is 0.312 e. The number of urea groups is 1. The molecule has 1 atom stereocenters. The van der Waals surface area contributed by atoms with Gasteiger partial charge >= 0.3 is 6.03 Å². The Morgan fingerprint density at radius 1 is 0.968 bits per heavy atom. The fourth-order valence-electron chi connectivity index (χ4n) is 2.81. The maximum Gasteiger partial charge on any atom is 0.312 e. The molecule has 0 fully saturated rings. The number of carbonyl (C=O) groups is 4. The van der Waals surface area contributed by atoms with E-state index in [4.69, 9.17) is 5.73 Å². The summed E-state index contributed by atoms with van der Waals surface area (Å²) in [4.78, 5) is 47.7. The van der Waals surface area contributed by atoms with Crippen LogP contribution >= 0.6 is 0 Å². The fourth-order valence-corrected chi connectivity index (χ4v) is 2.81. The first-order chi connectivity index (χ1) is 14.6. The first-order valence-corrected chi connectivity index (χ1v) is 10.6. The van der Waals surface area contributed by atoms with E-state index in [2.05, 4.69) is 35.1 Å². The van der Waals surface area contributed by atoms with Gasteiger partial charge < -0.3 is 27.0 Å². The maximum atomic E-state index is 12.4. The molecule has 0 aliphatic carbocycles. The van der Waals surface area contributed by atoms with Crippen LogP contribution in [0.5, 0.6) is 0 Å². The number of Topliss-reactive ketones (excluding diaryl/α,β-unsaturated/α-hetero) is 1. The lowest BCUT2D eigenvalue weighted by atomic mass is 9.98. The minimum atomic E-state index is -0.688. The van der Waals surface area contributed by atoms with E-state index in [1.54, 1.807) is 26.0 Å². The monoisotopic (exact) mass is 433 g/mol. The number of nitrogens with two attached hydrogens (primary N) is 1. The molecule has 0 saturated heterocycles. The van der Waals surface area contributed by atoms with Gasteiger partial charge in [0.2, 0.25) is 5.91 Å². The highest BCUT2D eigenvalue weighted by molar-refractivity contribution is 5.97. The minimum Gasteiger partial charge on any atom is -0.352 e. The molecular weight excluding hydrogens is 398 g/mol. The van der Waals surface area contributed by atoms with E-state index in [1.165, 1.54) is 0 Å². The molecule has 0 spiro atoms. The number of hydrogen-bond donors (Lipinski definition) is 5. The number of primary amides is 1. The van der Waals surface area contributed by atoms with Crippen LogP contribution in [0.15, 0.2) is 24.3 Å². The van der Waals surface area contributed by atoms with Gasteiger partial charge in [-0.15, -0.1) is 0 Å². The van der Waals surface area contributed by atoms with Crippen molar-refractivity contribution < 1.29 is 19.2 Å². The SMILES string of the molecule is CC(C)NCc1ccc(C(=O)NCC(=O)NC(CCCNC(N)=O)C(=O)C(C)C)cc1. The van der Waals surface area contributed by atoms with Gasteiger partial charge in [0.05, 0.1) is 12.6 Å². The first-order valence-electron chi connectivity index (χ1n) is 10.6. The van der Waals surface area contributed by atoms with Crippen molar-refractivity contribution in [1.29, 1.82) is 0 Å². The minimum absolute atomic E-state index is 0.107. The van der Waals surface area contributed by atoms with Crippen LogP contribution in [0, 0.1) is 5.92 Å². The number of carbonyl (C=O) groups excluding carboxylic acids is 4. The van der Waals surface area contributed by atoms with E-state index < -0.39 is 18.0 Å². The van der Waals surface area contributed by atoms with Crippen LogP contribution in [-0.2, 0) is 16.1 Å². The second-order valence-corrected chi connectivity index (χ2v) is 8.03. The number of amides is 4. The van der Waals surface area contributed by atoms with Gasteiger partial charge in [-0.2, -0.15) is 0 Å². The quantitative estimate of drug-likeness (QED) is 0.296. The fraction of sp³-hybridized carbons (Fsp3) is 0.545. The predicted molar refractivity (Wildman–Crippen MR) is 119 cm³/mol. The Kier molecular flexibility index (Phi) is 11.3. The Balaban J connectivity index is 2.54. The highest BCUT2D eigenvalue weighted by Crippen LogP contribution is 2.07. The first kappa shape index (κ1) is 26.1. The Labute approximate surface area is 183 Å². The molecule has 0 aromatic heterocycles. The zero-order valence-corrected chi connectivity index (χ0v) is 18.8. The maximum absolute atomic E-state index is 12.4. The third kappa shape index (κ3) is 10.6. The number of ketones is 1. The zero-order chi connectivity index (χ0) is 23.4. The van der Waals surface area contributed by atoms with Crippen molar-refractivity contribution in [2.45, 2.75) is 59.2 Å². The molecule has 31 heavy (non-hydrogen) atoms. The summed E-state index contributed by atoms with van der Waals surface area (Å²) in [5, 5.41) is 11.0. The van der Waals surface area contributed by atoms with Crippen LogP contribution in [0.25, 0.3) is 0 Å². The van der Waals surface area contributed by atoms with Gasteiger partial charge in [0, 0.05) is 30.6 Å². The van der Waals surface area contributed by atoms with E-state index in [1.807, 2.05) is 12.1 Å². The van der Waals surface area contributed by atoms with Crippen molar-refractivity contribution >= 4 is 23.6 Å². The van der Waals surface area contributed by atoms with Crippen molar-refractivity contribution in [1.82, 2.24) is 21.3 Å².